The number of hydrogen-bond acceptors (Lipinski definition) is 3. The van der Waals surface area contributed by atoms with E-state index in [9.17, 15) is 13.2 Å². The van der Waals surface area contributed by atoms with Gasteiger partial charge in [0.25, 0.3) is 10.0 Å². The Morgan fingerprint density at radius 2 is 1.80 bits per heavy atom. The normalized spacial score (nSPS) is 11.3. The lowest BCUT2D eigenvalue weighted by Crippen LogP contribution is -2.33. The van der Waals surface area contributed by atoms with Gasteiger partial charge in [-0.05, 0) is 43.2 Å². The molecule has 0 unspecified atom stereocenters. The van der Waals surface area contributed by atoms with E-state index in [4.69, 9.17) is 28.3 Å². The van der Waals surface area contributed by atoms with Gasteiger partial charge in [-0.25, -0.2) is 8.42 Å². The van der Waals surface area contributed by atoms with E-state index in [1.165, 1.54) is 22.5 Å². The van der Waals surface area contributed by atoms with Crippen LogP contribution in [0.2, 0.25) is 10.0 Å². The standard InChI is InChI=1S/C17H17Cl2NO4S/c1-12-5-2-3-6-16(12)20(10-4-7-17(21)22)25(23,24)13-8-9-14(18)15(19)11-13/h2-3,5-6,8-9,11H,4,7,10H2,1H3,(H,21,22). The van der Waals surface area contributed by atoms with Gasteiger partial charge in [0.1, 0.15) is 0 Å². The zero-order valence-electron chi connectivity index (χ0n) is 13.4. The van der Waals surface area contributed by atoms with Crippen LogP contribution in [0.15, 0.2) is 47.4 Å². The Bertz CT molecular complexity index is 884. The van der Waals surface area contributed by atoms with Crippen LogP contribution >= 0.6 is 23.2 Å². The summed E-state index contributed by atoms with van der Waals surface area (Å²) in [6.45, 7) is 1.84. The molecule has 2 aromatic carbocycles. The number of halogens is 2. The molecule has 2 aromatic rings. The number of carbonyl (C=O) groups is 1. The minimum Gasteiger partial charge on any atom is -0.481 e. The third-order valence-corrected chi connectivity index (χ3v) is 6.16. The highest BCUT2D eigenvalue weighted by atomic mass is 35.5. The van der Waals surface area contributed by atoms with Crippen LogP contribution in [0.1, 0.15) is 18.4 Å². The Kier molecular flexibility index (Phi) is 6.32. The maximum atomic E-state index is 13.1. The molecule has 0 bridgehead atoms. The zero-order valence-corrected chi connectivity index (χ0v) is 15.8. The van der Waals surface area contributed by atoms with Gasteiger partial charge in [-0.1, -0.05) is 41.4 Å². The first-order valence-corrected chi connectivity index (χ1v) is 9.68. The second-order valence-electron chi connectivity index (χ2n) is 5.44. The van der Waals surface area contributed by atoms with E-state index in [0.717, 1.165) is 5.56 Å². The van der Waals surface area contributed by atoms with E-state index in [2.05, 4.69) is 0 Å². The van der Waals surface area contributed by atoms with Crippen molar-refractivity contribution >= 4 is 44.9 Å². The van der Waals surface area contributed by atoms with Crippen LogP contribution in [-0.2, 0) is 14.8 Å². The Hall–Kier alpha value is -1.76. The van der Waals surface area contributed by atoms with Crippen LogP contribution < -0.4 is 4.31 Å². The summed E-state index contributed by atoms with van der Waals surface area (Å²) in [5.74, 6) is -0.975. The molecule has 0 aliphatic carbocycles. The zero-order chi connectivity index (χ0) is 18.6. The van der Waals surface area contributed by atoms with Gasteiger partial charge in [0.05, 0.1) is 20.6 Å². The van der Waals surface area contributed by atoms with Gasteiger partial charge in [0, 0.05) is 13.0 Å². The van der Waals surface area contributed by atoms with E-state index in [0.29, 0.717) is 5.69 Å². The highest BCUT2D eigenvalue weighted by Crippen LogP contribution is 2.30. The highest BCUT2D eigenvalue weighted by Gasteiger charge is 2.26. The maximum absolute atomic E-state index is 13.1. The summed E-state index contributed by atoms with van der Waals surface area (Å²) in [6.07, 6.45) is 0.0590. The molecule has 0 saturated heterocycles. The van der Waals surface area contributed by atoms with Gasteiger partial charge < -0.3 is 5.11 Å². The summed E-state index contributed by atoms with van der Waals surface area (Å²) in [6, 6.07) is 11.1. The van der Waals surface area contributed by atoms with Gasteiger partial charge in [-0.15, -0.1) is 0 Å². The lowest BCUT2D eigenvalue weighted by atomic mass is 10.2. The van der Waals surface area contributed by atoms with E-state index < -0.39 is 16.0 Å². The van der Waals surface area contributed by atoms with Crippen molar-refractivity contribution in [3.63, 3.8) is 0 Å². The number of para-hydroxylation sites is 1. The fraction of sp³-hybridized carbons (Fsp3) is 0.235. The van der Waals surface area contributed by atoms with Gasteiger partial charge in [0.2, 0.25) is 0 Å². The Balaban J connectivity index is 2.47. The number of aliphatic carboxylic acids is 1. The van der Waals surface area contributed by atoms with Crippen LogP contribution in [0.4, 0.5) is 5.69 Å². The highest BCUT2D eigenvalue weighted by molar-refractivity contribution is 7.92. The van der Waals surface area contributed by atoms with E-state index in [-0.39, 0.29) is 34.3 Å². The summed E-state index contributed by atoms with van der Waals surface area (Å²) in [4.78, 5) is 10.8. The molecule has 0 radical (unpaired) electrons. The number of hydrogen-bond donors (Lipinski definition) is 1. The molecule has 0 atom stereocenters. The van der Waals surface area contributed by atoms with Crippen LogP contribution in [0.3, 0.4) is 0 Å². The molecule has 0 amide bonds. The van der Waals surface area contributed by atoms with Gasteiger partial charge in [-0.3, -0.25) is 9.10 Å². The van der Waals surface area contributed by atoms with Crippen LogP contribution in [-0.4, -0.2) is 26.0 Å². The molecule has 0 aromatic heterocycles. The number of sulfonamides is 1. The van der Waals surface area contributed by atoms with Crippen molar-refractivity contribution in [3.05, 3.63) is 58.1 Å². The van der Waals surface area contributed by atoms with Crippen molar-refractivity contribution in [1.29, 1.82) is 0 Å². The van der Waals surface area contributed by atoms with Crippen molar-refractivity contribution in [2.24, 2.45) is 0 Å². The average Bonchev–Trinajstić information content (AvgIpc) is 2.54. The Labute approximate surface area is 156 Å². The number of nitrogens with zero attached hydrogens (tertiary/aromatic N) is 1. The second kappa shape index (κ2) is 8.08. The van der Waals surface area contributed by atoms with Crippen LogP contribution in [0, 0.1) is 6.92 Å². The van der Waals surface area contributed by atoms with Crippen LogP contribution in [0.5, 0.6) is 0 Å². The Morgan fingerprint density at radius 3 is 2.40 bits per heavy atom. The number of carboxylic acids is 1. The number of carboxylic acid groups (broad SMARTS) is 1. The number of rotatable bonds is 7. The SMILES string of the molecule is Cc1ccccc1N(CCCC(=O)O)S(=O)(=O)c1ccc(Cl)c(Cl)c1. The first-order valence-electron chi connectivity index (χ1n) is 7.48. The molecule has 2 rings (SSSR count). The third-order valence-electron chi connectivity index (χ3n) is 3.62. The molecule has 0 spiro atoms. The molecule has 134 valence electrons. The smallest absolute Gasteiger partial charge is 0.303 e. The molecule has 0 heterocycles. The van der Waals surface area contributed by atoms with Gasteiger partial charge in [-0.2, -0.15) is 0 Å². The first kappa shape index (κ1) is 19.6. The van der Waals surface area contributed by atoms with Crippen molar-refractivity contribution in [2.75, 3.05) is 10.8 Å². The van der Waals surface area contributed by atoms with Crippen LogP contribution in [0.25, 0.3) is 0 Å². The number of anilines is 1. The fourth-order valence-corrected chi connectivity index (χ4v) is 4.31. The summed E-state index contributed by atoms with van der Waals surface area (Å²) < 4.78 is 27.4. The largest absolute Gasteiger partial charge is 0.481 e. The molecular formula is C17H17Cl2NO4S. The predicted octanol–water partition coefficient (Wildman–Crippen LogP) is 4.36. The minimum absolute atomic E-state index is 0.000443. The third kappa shape index (κ3) is 4.66. The van der Waals surface area contributed by atoms with Crippen molar-refractivity contribution in [1.82, 2.24) is 0 Å². The molecule has 5 nitrogen and oxygen atoms in total. The topological polar surface area (TPSA) is 74.7 Å². The lowest BCUT2D eigenvalue weighted by Gasteiger charge is -2.26. The van der Waals surface area contributed by atoms with E-state index >= 15 is 0 Å². The lowest BCUT2D eigenvalue weighted by molar-refractivity contribution is -0.137. The molecule has 8 heteroatoms. The molecule has 0 aliphatic rings. The quantitative estimate of drug-likeness (QED) is 0.747. The maximum Gasteiger partial charge on any atom is 0.303 e. The summed E-state index contributed by atoms with van der Waals surface area (Å²) in [7, 11) is -3.92. The fourth-order valence-electron chi connectivity index (χ4n) is 2.35. The summed E-state index contributed by atoms with van der Waals surface area (Å²) >= 11 is 11.8. The minimum atomic E-state index is -3.92. The molecular weight excluding hydrogens is 385 g/mol. The van der Waals surface area contributed by atoms with E-state index in [1.807, 2.05) is 0 Å². The molecule has 0 fully saturated rings. The van der Waals surface area contributed by atoms with Gasteiger partial charge >= 0.3 is 5.97 Å². The molecule has 25 heavy (non-hydrogen) atoms. The molecule has 0 aliphatic heterocycles. The van der Waals surface area contributed by atoms with Crippen molar-refractivity contribution < 1.29 is 18.3 Å². The second-order valence-corrected chi connectivity index (χ2v) is 8.11. The van der Waals surface area contributed by atoms with E-state index in [1.54, 1.807) is 31.2 Å². The monoisotopic (exact) mass is 401 g/mol. The number of benzene rings is 2. The first-order chi connectivity index (χ1) is 11.7. The summed E-state index contributed by atoms with van der Waals surface area (Å²) in [5.41, 5.74) is 1.26. The van der Waals surface area contributed by atoms with Crippen molar-refractivity contribution in [2.45, 2.75) is 24.7 Å². The molecule has 1 N–H and O–H groups in total. The van der Waals surface area contributed by atoms with Gasteiger partial charge in [0.15, 0.2) is 0 Å². The predicted molar refractivity (Wildman–Crippen MR) is 99.0 cm³/mol. The molecule has 0 saturated carbocycles. The average molecular weight is 402 g/mol. The summed E-state index contributed by atoms with van der Waals surface area (Å²) in [5, 5.41) is 9.23. The number of aryl methyl sites for hydroxylation is 1. The Morgan fingerprint density at radius 1 is 1.12 bits per heavy atom. The van der Waals surface area contributed by atoms with Crippen molar-refractivity contribution in [3.8, 4) is 0 Å².